The van der Waals surface area contributed by atoms with Gasteiger partial charge in [0, 0.05) is 26.7 Å². The number of nitrogens with zero attached hydrogens (tertiary/aromatic N) is 2. The maximum absolute atomic E-state index is 13.5. The van der Waals surface area contributed by atoms with Crippen molar-refractivity contribution in [3.05, 3.63) is 74.6 Å². The Hall–Kier alpha value is -3.18. The number of amides is 2. The van der Waals surface area contributed by atoms with Gasteiger partial charge in [-0.3, -0.25) is 14.9 Å². The van der Waals surface area contributed by atoms with E-state index in [1.54, 1.807) is 31.4 Å². The number of hydrogen-bond acceptors (Lipinski definition) is 5. The highest BCUT2D eigenvalue weighted by Crippen LogP contribution is 2.34. The number of carbonyl (C=O) groups excluding carboxylic acids is 2. The first-order valence-corrected chi connectivity index (χ1v) is 11.8. The predicted molar refractivity (Wildman–Crippen MR) is 144 cm³/mol. The molecule has 2 heterocycles. The number of methoxy groups -OCH3 is 2. The predicted octanol–water partition coefficient (Wildman–Crippen LogP) is 4.55. The van der Waals surface area contributed by atoms with Gasteiger partial charge in [0.15, 0.2) is 5.11 Å². The molecule has 0 bridgehead atoms. The molecule has 34 heavy (non-hydrogen) atoms. The number of aryl methyl sites for hydroxylation is 1. The normalized spacial score (nSPS) is 15.0. The average molecular weight is 587 g/mol. The van der Waals surface area contributed by atoms with Crippen LogP contribution >= 0.6 is 34.8 Å². The molecule has 0 saturated carbocycles. The number of carbonyl (C=O) groups is 2. The maximum Gasteiger partial charge on any atom is 0.270 e. The number of nitrogens with one attached hydrogen (secondary N) is 1. The Morgan fingerprint density at radius 2 is 1.79 bits per heavy atom. The second-order valence-corrected chi connectivity index (χ2v) is 9.27. The summed E-state index contributed by atoms with van der Waals surface area (Å²) in [4.78, 5) is 27.6. The third kappa shape index (κ3) is 4.32. The van der Waals surface area contributed by atoms with Crippen LogP contribution in [-0.4, -0.2) is 35.7 Å². The van der Waals surface area contributed by atoms with Crippen molar-refractivity contribution in [2.75, 3.05) is 19.1 Å². The molecule has 0 atom stereocenters. The van der Waals surface area contributed by atoms with E-state index in [2.05, 4.69) is 38.5 Å². The summed E-state index contributed by atoms with van der Waals surface area (Å²) in [5.74, 6) is -0.115. The van der Waals surface area contributed by atoms with Gasteiger partial charge in [0.1, 0.15) is 17.1 Å². The fourth-order valence-corrected chi connectivity index (χ4v) is 4.75. The van der Waals surface area contributed by atoms with E-state index in [1.165, 1.54) is 12.0 Å². The van der Waals surface area contributed by atoms with Crippen LogP contribution in [-0.2, 0) is 9.59 Å². The van der Waals surface area contributed by atoms with Crippen LogP contribution in [0, 0.1) is 17.4 Å². The van der Waals surface area contributed by atoms with Crippen LogP contribution in [0.2, 0.25) is 0 Å². The summed E-state index contributed by atoms with van der Waals surface area (Å²) >= 11 is 7.60. The summed E-state index contributed by atoms with van der Waals surface area (Å²) in [5.41, 5.74) is 4.07. The topological polar surface area (TPSA) is 72.8 Å². The molecule has 174 valence electrons. The molecule has 2 aromatic carbocycles. The second kappa shape index (κ2) is 9.59. The van der Waals surface area contributed by atoms with Crippen molar-refractivity contribution >= 4 is 63.5 Å². The number of anilines is 1. The van der Waals surface area contributed by atoms with Crippen molar-refractivity contribution in [2.45, 2.75) is 13.8 Å². The quantitative estimate of drug-likeness (QED) is 0.205. The Morgan fingerprint density at radius 1 is 1.03 bits per heavy atom. The second-order valence-electron chi connectivity index (χ2n) is 7.64. The van der Waals surface area contributed by atoms with Crippen molar-refractivity contribution in [3.8, 4) is 17.2 Å². The molecule has 1 aliphatic heterocycles. The summed E-state index contributed by atoms with van der Waals surface area (Å²) in [6.07, 6.45) is 1.61. The van der Waals surface area contributed by atoms with Crippen LogP contribution in [0.1, 0.15) is 17.0 Å². The third-order valence-electron chi connectivity index (χ3n) is 5.57. The minimum absolute atomic E-state index is 0.0139. The van der Waals surface area contributed by atoms with E-state index in [9.17, 15) is 9.59 Å². The van der Waals surface area contributed by atoms with Gasteiger partial charge >= 0.3 is 0 Å². The molecule has 3 aromatic rings. The van der Waals surface area contributed by atoms with Crippen molar-refractivity contribution in [1.29, 1.82) is 0 Å². The molecule has 2 amide bonds. The first-order valence-electron chi connectivity index (χ1n) is 10.3. The lowest BCUT2D eigenvalue weighted by Gasteiger charge is -2.30. The summed E-state index contributed by atoms with van der Waals surface area (Å²) in [6.45, 7) is 3.95. The minimum Gasteiger partial charge on any atom is -0.497 e. The summed E-state index contributed by atoms with van der Waals surface area (Å²) in [7, 11) is 3.03. The molecule has 4 rings (SSSR count). The number of benzene rings is 2. The first-order chi connectivity index (χ1) is 16.2. The number of halogens is 1. The number of aromatic nitrogens is 1. The van der Waals surface area contributed by atoms with Crippen molar-refractivity contribution < 1.29 is 19.1 Å². The summed E-state index contributed by atoms with van der Waals surface area (Å²) in [5, 5.41) is 2.61. The molecule has 0 aliphatic carbocycles. The molecular weight excluding hydrogens is 565 g/mol. The molecule has 1 saturated heterocycles. The van der Waals surface area contributed by atoms with E-state index < -0.39 is 11.8 Å². The lowest BCUT2D eigenvalue weighted by atomic mass is 10.1. The zero-order valence-electron chi connectivity index (χ0n) is 19.0. The lowest BCUT2D eigenvalue weighted by molar-refractivity contribution is -0.122. The average Bonchev–Trinajstić information content (AvgIpc) is 3.09. The third-order valence-corrected chi connectivity index (χ3v) is 6.52. The SMILES string of the molecule is COc1ccc(N2C(=O)/C(=C/c3cc(C)n(-c4cccc(I)c4)c3C)C(=O)NC2=S)c(OC)c1. The molecule has 1 aromatic heterocycles. The number of thiocarbonyl (C=S) groups is 1. The number of hydrogen-bond donors (Lipinski definition) is 1. The lowest BCUT2D eigenvalue weighted by Crippen LogP contribution is -2.54. The number of rotatable bonds is 5. The van der Waals surface area contributed by atoms with Gasteiger partial charge in [-0.15, -0.1) is 0 Å². The number of ether oxygens (including phenoxy) is 2. The van der Waals surface area contributed by atoms with E-state index in [0.29, 0.717) is 17.2 Å². The Labute approximate surface area is 216 Å². The standard InChI is InChI=1S/C25H22IN3O4S/c1-14-10-16(15(2)28(14)18-7-5-6-17(26)12-18)11-20-23(30)27-25(34)29(24(20)31)21-9-8-19(32-3)13-22(21)33-4/h5-13H,1-4H3,(H,27,30,34)/b20-11+. The molecule has 0 radical (unpaired) electrons. The molecule has 1 N–H and O–H groups in total. The van der Waals surface area contributed by atoms with Crippen LogP contribution in [0.15, 0.2) is 54.1 Å². The highest BCUT2D eigenvalue weighted by Gasteiger charge is 2.36. The summed E-state index contributed by atoms with van der Waals surface area (Å²) < 4.78 is 13.9. The van der Waals surface area contributed by atoms with Crippen molar-refractivity contribution in [2.24, 2.45) is 0 Å². The Kier molecular flexibility index (Phi) is 6.76. The van der Waals surface area contributed by atoms with Crippen LogP contribution in [0.5, 0.6) is 11.5 Å². The Bertz CT molecular complexity index is 1360. The highest BCUT2D eigenvalue weighted by molar-refractivity contribution is 14.1. The van der Waals surface area contributed by atoms with Gasteiger partial charge in [0.2, 0.25) is 0 Å². The smallest absolute Gasteiger partial charge is 0.270 e. The van der Waals surface area contributed by atoms with E-state index >= 15 is 0 Å². The molecular formula is C25H22IN3O4S. The zero-order valence-corrected chi connectivity index (χ0v) is 22.0. The van der Waals surface area contributed by atoms with Crippen LogP contribution < -0.4 is 19.7 Å². The van der Waals surface area contributed by atoms with E-state index in [-0.39, 0.29) is 10.7 Å². The van der Waals surface area contributed by atoms with Crippen LogP contribution in [0.4, 0.5) is 5.69 Å². The molecule has 1 aliphatic rings. The summed E-state index contributed by atoms with van der Waals surface area (Å²) in [6, 6.07) is 15.1. The van der Waals surface area contributed by atoms with Gasteiger partial charge in [-0.05, 0) is 96.7 Å². The largest absolute Gasteiger partial charge is 0.497 e. The van der Waals surface area contributed by atoms with Crippen LogP contribution in [0.3, 0.4) is 0 Å². The monoisotopic (exact) mass is 587 g/mol. The van der Waals surface area contributed by atoms with E-state index in [0.717, 1.165) is 26.2 Å². The van der Waals surface area contributed by atoms with Gasteiger partial charge in [-0.25, -0.2) is 4.90 Å². The van der Waals surface area contributed by atoms with Gasteiger partial charge in [-0.1, -0.05) is 6.07 Å². The highest BCUT2D eigenvalue weighted by atomic mass is 127. The maximum atomic E-state index is 13.5. The molecule has 1 fully saturated rings. The van der Waals surface area contributed by atoms with Crippen molar-refractivity contribution in [3.63, 3.8) is 0 Å². The van der Waals surface area contributed by atoms with Gasteiger partial charge in [0.05, 0.1) is 19.9 Å². The van der Waals surface area contributed by atoms with E-state index in [4.69, 9.17) is 21.7 Å². The fraction of sp³-hybridized carbons (Fsp3) is 0.160. The molecule has 7 nitrogen and oxygen atoms in total. The van der Waals surface area contributed by atoms with Gasteiger partial charge < -0.3 is 14.0 Å². The van der Waals surface area contributed by atoms with E-state index in [1.807, 2.05) is 38.1 Å². The molecule has 9 heteroatoms. The molecule has 0 spiro atoms. The first kappa shape index (κ1) is 24.0. The zero-order chi connectivity index (χ0) is 24.6. The Morgan fingerprint density at radius 3 is 2.47 bits per heavy atom. The Balaban J connectivity index is 1.78. The van der Waals surface area contributed by atoms with Gasteiger partial charge in [-0.2, -0.15) is 0 Å². The van der Waals surface area contributed by atoms with Crippen LogP contribution in [0.25, 0.3) is 11.8 Å². The molecule has 0 unspecified atom stereocenters. The minimum atomic E-state index is -0.544. The van der Waals surface area contributed by atoms with Crippen molar-refractivity contribution in [1.82, 2.24) is 9.88 Å². The van der Waals surface area contributed by atoms with Gasteiger partial charge in [0.25, 0.3) is 11.8 Å². The fourth-order valence-electron chi connectivity index (χ4n) is 3.95.